The Morgan fingerprint density at radius 3 is 2.60 bits per heavy atom. The van der Waals surface area contributed by atoms with Gasteiger partial charge in [0.25, 0.3) is 0 Å². The standard InChI is InChI=1S/C12H16ClNO/c1-9-2-3-10(8-11(9)13)12(15)4-6-14-7-5-12/h2-3,8,14-15H,4-7H2,1H3. The average molecular weight is 226 g/mol. The fourth-order valence-corrected chi connectivity index (χ4v) is 2.19. The first-order valence-electron chi connectivity index (χ1n) is 5.31. The molecule has 0 atom stereocenters. The van der Waals surface area contributed by atoms with E-state index in [2.05, 4.69) is 5.32 Å². The van der Waals surface area contributed by atoms with E-state index in [1.54, 1.807) is 0 Å². The van der Waals surface area contributed by atoms with Gasteiger partial charge in [-0.1, -0.05) is 23.7 Å². The van der Waals surface area contributed by atoms with Gasteiger partial charge in [0.1, 0.15) is 0 Å². The molecule has 15 heavy (non-hydrogen) atoms. The van der Waals surface area contributed by atoms with Crippen LogP contribution in [0.2, 0.25) is 5.02 Å². The van der Waals surface area contributed by atoms with Crippen molar-refractivity contribution in [1.29, 1.82) is 0 Å². The molecule has 2 nitrogen and oxygen atoms in total. The van der Waals surface area contributed by atoms with Crippen LogP contribution in [0.5, 0.6) is 0 Å². The van der Waals surface area contributed by atoms with E-state index in [0.717, 1.165) is 42.1 Å². The third-order valence-corrected chi connectivity index (χ3v) is 3.55. The second kappa shape index (κ2) is 4.12. The largest absolute Gasteiger partial charge is 0.385 e. The molecule has 0 amide bonds. The van der Waals surface area contributed by atoms with Crippen molar-refractivity contribution in [3.05, 3.63) is 34.3 Å². The van der Waals surface area contributed by atoms with E-state index in [-0.39, 0.29) is 0 Å². The van der Waals surface area contributed by atoms with Crippen molar-refractivity contribution in [2.24, 2.45) is 0 Å². The van der Waals surface area contributed by atoms with Crippen LogP contribution in [0.1, 0.15) is 24.0 Å². The molecule has 1 aliphatic rings. The van der Waals surface area contributed by atoms with Crippen molar-refractivity contribution in [3.8, 4) is 0 Å². The van der Waals surface area contributed by atoms with Gasteiger partial charge in [-0.15, -0.1) is 0 Å². The van der Waals surface area contributed by atoms with Crippen molar-refractivity contribution in [2.75, 3.05) is 13.1 Å². The van der Waals surface area contributed by atoms with Crippen LogP contribution in [-0.2, 0) is 5.60 Å². The van der Waals surface area contributed by atoms with Gasteiger partial charge in [-0.3, -0.25) is 0 Å². The first-order valence-corrected chi connectivity index (χ1v) is 5.69. The molecule has 2 N–H and O–H groups in total. The third-order valence-electron chi connectivity index (χ3n) is 3.14. The van der Waals surface area contributed by atoms with E-state index >= 15 is 0 Å². The molecule has 1 aromatic carbocycles. The zero-order valence-electron chi connectivity index (χ0n) is 8.89. The summed E-state index contributed by atoms with van der Waals surface area (Å²) >= 11 is 6.07. The number of piperidine rings is 1. The Balaban J connectivity index is 2.31. The number of hydrogen-bond donors (Lipinski definition) is 2. The molecule has 0 spiro atoms. The van der Waals surface area contributed by atoms with Gasteiger partial charge in [-0.2, -0.15) is 0 Å². The molecule has 0 unspecified atom stereocenters. The molecule has 0 aromatic heterocycles. The summed E-state index contributed by atoms with van der Waals surface area (Å²) in [5.41, 5.74) is 1.31. The summed E-state index contributed by atoms with van der Waals surface area (Å²) in [6.45, 7) is 3.70. The van der Waals surface area contributed by atoms with Gasteiger partial charge in [0, 0.05) is 5.02 Å². The maximum Gasteiger partial charge on any atom is 0.0921 e. The van der Waals surface area contributed by atoms with Gasteiger partial charge in [0.15, 0.2) is 0 Å². The van der Waals surface area contributed by atoms with Crippen LogP contribution < -0.4 is 5.32 Å². The van der Waals surface area contributed by atoms with Gasteiger partial charge in [0.2, 0.25) is 0 Å². The minimum atomic E-state index is -0.692. The van der Waals surface area contributed by atoms with E-state index in [4.69, 9.17) is 11.6 Å². The molecule has 1 aromatic rings. The molecular weight excluding hydrogens is 210 g/mol. The van der Waals surface area contributed by atoms with Crippen molar-refractivity contribution in [1.82, 2.24) is 5.32 Å². The first-order chi connectivity index (χ1) is 7.12. The molecule has 0 bridgehead atoms. The van der Waals surface area contributed by atoms with Gasteiger partial charge in [0.05, 0.1) is 5.60 Å². The van der Waals surface area contributed by atoms with E-state index in [0.29, 0.717) is 0 Å². The molecule has 1 heterocycles. The number of aryl methyl sites for hydroxylation is 1. The van der Waals surface area contributed by atoms with Crippen molar-refractivity contribution in [3.63, 3.8) is 0 Å². The fourth-order valence-electron chi connectivity index (χ4n) is 2.01. The summed E-state index contributed by atoms with van der Waals surface area (Å²) in [6, 6.07) is 5.84. The highest BCUT2D eigenvalue weighted by molar-refractivity contribution is 6.31. The van der Waals surface area contributed by atoms with Crippen LogP contribution in [-0.4, -0.2) is 18.2 Å². The number of hydrogen-bond acceptors (Lipinski definition) is 2. The highest BCUT2D eigenvalue weighted by Gasteiger charge is 2.31. The van der Waals surface area contributed by atoms with Crippen LogP contribution >= 0.6 is 11.6 Å². The van der Waals surface area contributed by atoms with Crippen molar-refractivity contribution < 1.29 is 5.11 Å². The van der Waals surface area contributed by atoms with Crippen LogP contribution in [0.25, 0.3) is 0 Å². The monoisotopic (exact) mass is 225 g/mol. The van der Waals surface area contributed by atoms with Gasteiger partial charge < -0.3 is 10.4 Å². The summed E-state index contributed by atoms with van der Waals surface area (Å²) in [4.78, 5) is 0. The molecule has 1 saturated heterocycles. The van der Waals surface area contributed by atoms with E-state index in [9.17, 15) is 5.11 Å². The van der Waals surface area contributed by atoms with Crippen molar-refractivity contribution >= 4 is 11.6 Å². The minimum Gasteiger partial charge on any atom is -0.385 e. The number of benzene rings is 1. The van der Waals surface area contributed by atoms with E-state index in [1.807, 2.05) is 25.1 Å². The second-order valence-corrected chi connectivity index (χ2v) is 4.65. The lowest BCUT2D eigenvalue weighted by Gasteiger charge is -2.33. The lowest BCUT2D eigenvalue weighted by atomic mass is 9.85. The van der Waals surface area contributed by atoms with E-state index < -0.39 is 5.60 Å². The SMILES string of the molecule is Cc1ccc(C2(O)CCNCC2)cc1Cl. The Hall–Kier alpha value is -0.570. The summed E-state index contributed by atoms with van der Waals surface area (Å²) in [7, 11) is 0. The van der Waals surface area contributed by atoms with Crippen LogP contribution in [0.3, 0.4) is 0 Å². The highest BCUT2D eigenvalue weighted by Crippen LogP contribution is 2.32. The molecule has 0 aliphatic carbocycles. The third kappa shape index (κ3) is 2.17. The first kappa shape index (κ1) is 10.9. The number of halogens is 1. The van der Waals surface area contributed by atoms with Crippen LogP contribution in [0.15, 0.2) is 18.2 Å². The predicted octanol–water partition coefficient (Wildman–Crippen LogP) is 2.22. The summed E-state index contributed by atoms with van der Waals surface area (Å²) < 4.78 is 0. The quantitative estimate of drug-likeness (QED) is 0.768. The van der Waals surface area contributed by atoms with Crippen molar-refractivity contribution in [2.45, 2.75) is 25.4 Å². The highest BCUT2D eigenvalue weighted by atomic mass is 35.5. The number of nitrogens with one attached hydrogen (secondary N) is 1. The van der Waals surface area contributed by atoms with Gasteiger partial charge >= 0.3 is 0 Å². The van der Waals surface area contributed by atoms with Gasteiger partial charge in [-0.25, -0.2) is 0 Å². The topological polar surface area (TPSA) is 32.3 Å². The molecule has 1 aliphatic heterocycles. The molecule has 82 valence electrons. The predicted molar refractivity (Wildman–Crippen MR) is 62.2 cm³/mol. The normalized spacial score (nSPS) is 20.2. The molecular formula is C12H16ClNO. The van der Waals surface area contributed by atoms with E-state index in [1.165, 1.54) is 0 Å². The summed E-state index contributed by atoms with van der Waals surface area (Å²) in [6.07, 6.45) is 1.51. The zero-order valence-corrected chi connectivity index (χ0v) is 9.64. The Kier molecular flexibility index (Phi) is 3.01. The minimum absolute atomic E-state index is 0.692. The lowest BCUT2D eigenvalue weighted by molar-refractivity contribution is 0.00594. The van der Waals surface area contributed by atoms with Gasteiger partial charge in [-0.05, 0) is 50.0 Å². The fraction of sp³-hybridized carbons (Fsp3) is 0.500. The molecule has 1 fully saturated rings. The Morgan fingerprint density at radius 1 is 1.33 bits per heavy atom. The number of rotatable bonds is 1. The Morgan fingerprint density at radius 2 is 2.00 bits per heavy atom. The zero-order chi connectivity index (χ0) is 10.9. The smallest absolute Gasteiger partial charge is 0.0921 e. The molecule has 2 rings (SSSR count). The molecule has 3 heteroatoms. The average Bonchev–Trinajstić information content (AvgIpc) is 2.23. The van der Waals surface area contributed by atoms with Crippen LogP contribution in [0.4, 0.5) is 0 Å². The maximum absolute atomic E-state index is 10.5. The molecule has 0 radical (unpaired) electrons. The number of aliphatic hydroxyl groups is 1. The van der Waals surface area contributed by atoms with Crippen LogP contribution in [0, 0.1) is 6.92 Å². The summed E-state index contributed by atoms with van der Waals surface area (Å²) in [5, 5.41) is 14.4. The maximum atomic E-state index is 10.5. The summed E-state index contributed by atoms with van der Waals surface area (Å²) in [5.74, 6) is 0. The second-order valence-electron chi connectivity index (χ2n) is 4.25. The molecule has 0 saturated carbocycles. The Bertz CT molecular complexity index is 359. The Labute approximate surface area is 95.3 Å². The lowest BCUT2D eigenvalue weighted by Crippen LogP contribution is -2.39.